The van der Waals surface area contributed by atoms with Crippen LogP contribution in [0.5, 0.6) is 0 Å². The van der Waals surface area contributed by atoms with E-state index in [0.29, 0.717) is 12.2 Å². The lowest BCUT2D eigenvalue weighted by molar-refractivity contribution is -0.141. The van der Waals surface area contributed by atoms with Crippen LogP contribution in [0.15, 0.2) is 0 Å². The summed E-state index contributed by atoms with van der Waals surface area (Å²) in [4.78, 5) is 21.9. The molecule has 0 radical (unpaired) electrons. The van der Waals surface area contributed by atoms with Gasteiger partial charge in [-0.05, 0) is 13.3 Å². The van der Waals surface area contributed by atoms with E-state index < -0.39 is 10.7 Å². The average molecular weight is 234 g/mol. The predicted octanol–water partition coefficient (Wildman–Crippen LogP) is 1.93. The molecule has 4 nitrogen and oxygen atoms in total. The Hall–Kier alpha value is -0.710. The molecule has 0 rings (SSSR count). The first kappa shape index (κ1) is 14.3. The second-order valence-corrected chi connectivity index (χ2v) is 5.06. The van der Waals surface area contributed by atoms with Crippen molar-refractivity contribution in [2.24, 2.45) is 0 Å². The zero-order valence-electron chi connectivity index (χ0n) is 9.41. The van der Waals surface area contributed by atoms with Gasteiger partial charge < -0.3 is 9.84 Å². The lowest BCUT2D eigenvalue weighted by Gasteiger charge is -2.23. The largest absolute Gasteiger partial charge is 0.480 e. The van der Waals surface area contributed by atoms with Crippen LogP contribution < -0.4 is 0 Å². The molecule has 1 unspecified atom stereocenters. The molecule has 0 aliphatic heterocycles. The van der Waals surface area contributed by atoms with Gasteiger partial charge in [0.2, 0.25) is 0 Å². The van der Waals surface area contributed by atoms with Crippen LogP contribution in [-0.2, 0) is 14.3 Å². The molecule has 0 aliphatic rings. The fraction of sp³-hybridized carbons (Fsp3) is 0.800. The maximum absolute atomic E-state index is 11.0. The summed E-state index contributed by atoms with van der Waals surface area (Å²) in [6.07, 6.45) is 1.68. The minimum Gasteiger partial charge on any atom is -0.480 e. The number of hydrogen-bond acceptors (Lipinski definition) is 4. The van der Waals surface area contributed by atoms with E-state index >= 15 is 0 Å². The van der Waals surface area contributed by atoms with Crippen molar-refractivity contribution in [2.75, 3.05) is 12.9 Å². The summed E-state index contributed by atoms with van der Waals surface area (Å²) in [6.45, 7) is 3.64. The quantitative estimate of drug-likeness (QED) is 0.682. The highest BCUT2D eigenvalue weighted by Crippen LogP contribution is 2.30. The molecule has 0 saturated carbocycles. The van der Waals surface area contributed by atoms with Crippen LogP contribution in [-0.4, -0.2) is 34.7 Å². The van der Waals surface area contributed by atoms with E-state index in [4.69, 9.17) is 5.11 Å². The topological polar surface area (TPSA) is 63.6 Å². The Bertz CT molecular complexity index is 229. The van der Waals surface area contributed by atoms with Crippen molar-refractivity contribution in [3.63, 3.8) is 0 Å². The molecule has 0 saturated heterocycles. The number of aliphatic carboxylic acids is 1. The molecule has 0 amide bonds. The minimum atomic E-state index is -0.820. The standard InChI is InChI=1S/C10H18O4S/c1-4-6-10(2,9(12)13)15-7-5-8(11)14-3/h4-7H2,1-3H3,(H,12,13). The number of thioether (sulfide) groups is 1. The molecule has 0 fully saturated rings. The number of carbonyl (C=O) groups is 2. The Morgan fingerprint density at radius 3 is 2.47 bits per heavy atom. The van der Waals surface area contributed by atoms with E-state index in [-0.39, 0.29) is 12.4 Å². The zero-order chi connectivity index (χ0) is 11.9. The third-order valence-electron chi connectivity index (χ3n) is 2.13. The highest BCUT2D eigenvalue weighted by atomic mass is 32.2. The van der Waals surface area contributed by atoms with Gasteiger partial charge in [-0.15, -0.1) is 11.8 Å². The van der Waals surface area contributed by atoms with Crippen LogP contribution in [0.25, 0.3) is 0 Å². The van der Waals surface area contributed by atoms with Crippen molar-refractivity contribution in [3.05, 3.63) is 0 Å². The fourth-order valence-electron chi connectivity index (χ4n) is 1.18. The van der Waals surface area contributed by atoms with Crippen LogP contribution in [0.3, 0.4) is 0 Å². The first-order valence-corrected chi connectivity index (χ1v) is 5.89. The molecule has 0 aromatic rings. The first-order valence-electron chi connectivity index (χ1n) is 4.90. The van der Waals surface area contributed by atoms with E-state index in [1.165, 1.54) is 18.9 Å². The van der Waals surface area contributed by atoms with Gasteiger partial charge in [-0.2, -0.15) is 0 Å². The fourth-order valence-corrected chi connectivity index (χ4v) is 2.37. The number of esters is 1. The molecule has 1 N–H and O–H groups in total. The van der Waals surface area contributed by atoms with Crippen molar-refractivity contribution in [1.29, 1.82) is 0 Å². The lowest BCUT2D eigenvalue weighted by Crippen LogP contribution is -2.31. The van der Waals surface area contributed by atoms with Crippen molar-refractivity contribution in [2.45, 2.75) is 37.9 Å². The molecule has 15 heavy (non-hydrogen) atoms. The molecular weight excluding hydrogens is 216 g/mol. The van der Waals surface area contributed by atoms with Crippen molar-refractivity contribution in [3.8, 4) is 0 Å². The third kappa shape index (κ3) is 5.06. The van der Waals surface area contributed by atoms with Gasteiger partial charge in [0, 0.05) is 5.75 Å². The monoisotopic (exact) mass is 234 g/mol. The number of carbonyl (C=O) groups excluding carboxylic acids is 1. The molecular formula is C10H18O4S. The van der Waals surface area contributed by atoms with Gasteiger partial charge in [0.1, 0.15) is 4.75 Å². The molecule has 0 aromatic heterocycles. The lowest BCUT2D eigenvalue weighted by atomic mass is 10.1. The first-order chi connectivity index (χ1) is 6.96. The van der Waals surface area contributed by atoms with E-state index in [1.54, 1.807) is 6.92 Å². The Labute approximate surface area is 94.4 Å². The molecule has 5 heteroatoms. The third-order valence-corrected chi connectivity index (χ3v) is 3.56. The van der Waals surface area contributed by atoms with E-state index in [0.717, 1.165) is 6.42 Å². The number of hydrogen-bond donors (Lipinski definition) is 1. The van der Waals surface area contributed by atoms with Gasteiger partial charge in [0.15, 0.2) is 0 Å². The summed E-state index contributed by atoms with van der Waals surface area (Å²) < 4.78 is 3.70. The summed E-state index contributed by atoms with van der Waals surface area (Å²) in [5, 5.41) is 9.05. The Morgan fingerprint density at radius 2 is 2.07 bits per heavy atom. The van der Waals surface area contributed by atoms with Gasteiger partial charge in [-0.25, -0.2) is 0 Å². The second kappa shape index (κ2) is 6.71. The molecule has 1 atom stereocenters. The molecule has 0 aliphatic carbocycles. The second-order valence-electron chi connectivity index (χ2n) is 3.46. The van der Waals surface area contributed by atoms with Crippen LogP contribution >= 0.6 is 11.8 Å². The van der Waals surface area contributed by atoms with E-state index in [2.05, 4.69) is 4.74 Å². The number of carboxylic acid groups (broad SMARTS) is 1. The molecule has 0 spiro atoms. The van der Waals surface area contributed by atoms with Gasteiger partial charge in [0.25, 0.3) is 0 Å². The summed E-state index contributed by atoms with van der Waals surface area (Å²) in [5.74, 6) is -0.638. The van der Waals surface area contributed by atoms with Crippen LogP contribution in [0.4, 0.5) is 0 Å². The highest BCUT2D eigenvalue weighted by Gasteiger charge is 2.32. The Morgan fingerprint density at radius 1 is 1.47 bits per heavy atom. The van der Waals surface area contributed by atoms with Crippen LogP contribution in [0, 0.1) is 0 Å². The van der Waals surface area contributed by atoms with Gasteiger partial charge in [-0.3, -0.25) is 9.59 Å². The zero-order valence-corrected chi connectivity index (χ0v) is 10.2. The van der Waals surface area contributed by atoms with Gasteiger partial charge in [0.05, 0.1) is 13.5 Å². The summed E-state index contributed by atoms with van der Waals surface area (Å²) >= 11 is 1.30. The average Bonchev–Trinajstić information content (AvgIpc) is 2.17. The van der Waals surface area contributed by atoms with Crippen LogP contribution in [0.1, 0.15) is 33.1 Å². The van der Waals surface area contributed by atoms with Crippen molar-refractivity contribution in [1.82, 2.24) is 0 Å². The normalized spacial score (nSPS) is 14.3. The molecule has 0 bridgehead atoms. The summed E-state index contributed by atoms with van der Waals surface area (Å²) in [7, 11) is 1.33. The number of ether oxygens (including phenoxy) is 1. The van der Waals surface area contributed by atoms with Crippen molar-refractivity contribution >= 4 is 23.7 Å². The summed E-state index contributed by atoms with van der Waals surface area (Å²) in [6, 6.07) is 0. The Balaban J connectivity index is 4.08. The molecule has 0 heterocycles. The summed E-state index contributed by atoms with van der Waals surface area (Å²) in [5.41, 5.74) is 0. The van der Waals surface area contributed by atoms with Gasteiger partial charge >= 0.3 is 11.9 Å². The number of methoxy groups -OCH3 is 1. The molecule has 88 valence electrons. The van der Waals surface area contributed by atoms with E-state index in [9.17, 15) is 9.59 Å². The van der Waals surface area contributed by atoms with E-state index in [1.807, 2.05) is 6.92 Å². The minimum absolute atomic E-state index is 0.258. The number of carboxylic acids is 1. The number of rotatable bonds is 7. The predicted molar refractivity (Wildman–Crippen MR) is 60.0 cm³/mol. The van der Waals surface area contributed by atoms with Crippen LogP contribution in [0.2, 0.25) is 0 Å². The maximum atomic E-state index is 11.0. The molecule has 0 aromatic carbocycles. The van der Waals surface area contributed by atoms with Crippen molar-refractivity contribution < 1.29 is 19.4 Å². The SMILES string of the molecule is CCCC(C)(SCCC(=O)OC)C(=O)O. The van der Waals surface area contributed by atoms with Gasteiger partial charge in [-0.1, -0.05) is 13.3 Å². The highest BCUT2D eigenvalue weighted by molar-refractivity contribution is 8.01. The Kier molecular flexibility index (Phi) is 6.40. The maximum Gasteiger partial charge on any atom is 0.319 e. The smallest absolute Gasteiger partial charge is 0.319 e.